The van der Waals surface area contributed by atoms with Crippen LogP contribution < -0.4 is 9.64 Å². The number of ether oxygens (including phenoxy) is 1. The molecule has 6 nitrogen and oxygen atoms in total. The molecule has 3 aromatic rings. The van der Waals surface area contributed by atoms with E-state index >= 15 is 0 Å². The number of carboxylic acids is 1. The van der Waals surface area contributed by atoms with Crippen LogP contribution in [-0.2, 0) is 11.4 Å². The molecule has 0 aliphatic carbocycles. The first-order valence-corrected chi connectivity index (χ1v) is 11.9. The maximum atomic E-state index is 12.8. The van der Waals surface area contributed by atoms with Gasteiger partial charge in [-0.2, -0.15) is 0 Å². The van der Waals surface area contributed by atoms with Gasteiger partial charge in [0.2, 0.25) is 0 Å². The minimum atomic E-state index is -0.974. The number of halogens is 2. The number of carbonyl (C=O) groups is 3. The fraction of sp³-hybridized carbons (Fsp3) is 0.0417. The van der Waals surface area contributed by atoms with Crippen molar-refractivity contribution in [2.45, 2.75) is 6.61 Å². The molecule has 1 saturated heterocycles. The van der Waals surface area contributed by atoms with Gasteiger partial charge in [0.15, 0.2) is 0 Å². The summed E-state index contributed by atoms with van der Waals surface area (Å²) in [6.45, 7) is 0.287. The minimum absolute atomic E-state index is 0.221. The number of anilines is 1. The number of imide groups is 1. The topological polar surface area (TPSA) is 83.9 Å². The van der Waals surface area contributed by atoms with Crippen LogP contribution >= 0.6 is 46.0 Å². The Bertz CT molecular complexity index is 1280. The zero-order valence-electron chi connectivity index (χ0n) is 16.8. The van der Waals surface area contributed by atoms with Crippen molar-refractivity contribution in [3.8, 4) is 5.75 Å². The number of hydrogen-bond donors (Lipinski definition) is 1. The summed E-state index contributed by atoms with van der Waals surface area (Å²) in [7, 11) is 0. The fourth-order valence-corrected chi connectivity index (χ4v) is 4.72. The Morgan fingerprint density at radius 2 is 1.76 bits per heavy atom. The smallest absolute Gasteiger partial charge is 0.335 e. The zero-order valence-corrected chi connectivity index (χ0v) is 20.6. The largest absolute Gasteiger partial charge is 0.488 e. The average molecular weight is 592 g/mol. The van der Waals surface area contributed by atoms with Gasteiger partial charge in [-0.05, 0) is 100 Å². The second kappa shape index (κ2) is 9.98. The maximum absolute atomic E-state index is 12.8. The van der Waals surface area contributed by atoms with Gasteiger partial charge in [0.25, 0.3) is 11.1 Å². The Balaban J connectivity index is 1.46. The van der Waals surface area contributed by atoms with Gasteiger partial charge < -0.3 is 9.84 Å². The normalized spacial score (nSPS) is 14.7. The van der Waals surface area contributed by atoms with Gasteiger partial charge in [0.1, 0.15) is 12.4 Å². The first kappa shape index (κ1) is 23.3. The molecule has 1 N–H and O–H groups in total. The highest BCUT2D eigenvalue weighted by molar-refractivity contribution is 14.1. The van der Waals surface area contributed by atoms with Crippen LogP contribution in [0.25, 0.3) is 6.08 Å². The number of benzene rings is 3. The van der Waals surface area contributed by atoms with E-state index in [0.717, 1.165) is 31.4 Å². The van der Waals surface area contributed by atoms with E-state index in [1.807, 2.05) is 6.07 Å². The summed E-state index contributed by atoms with van der Waals surface area (Å²) >= 11 is 8.92. The van der Waals surface area contributed by atoms with Crippen LogP contribution in [0.15, 0.2) is 71.6 Å². The number of hydrogen-bond acceptors (Lipinski definition) is 5. The van der Waals surface area contributed by atoms with Gasteiger partial charge in [-0.25, -0.2) is 9.69 Å². The molecule has 0 aromatic heterocycles. The van der Waals surface area contributed by atoms with Crippen LogP contribution in [0.2, 0.25) is 5.02 Å². The lowest BCUT2D eigenvalue weighted by Gasteiger charge is -2.12. The minimum Gasteiger partial charge on any atom is -0.488 e. The molecule has 1 aliphatic rings. The first-order valence-electron chi connectivity index (χ1n) is 9.60. The van der Waals surface area contributed by atoms with Crippen molar-refractivity contribution in [1.29, 1.82) is 0 Å². The zero-order chi connectivity index (χ0) is 23.5. The summed E-state index contributed by atoms with van der Waals surface area (Å²) in [5, 5.41) is 9.14. The number of carboxylic acid groups (broad SMARTS) is 1. The van der Waals surface area contributed by atoms with Crippen molar-refractivity contribution in [3.05, 3.63) is 96.9 Å². The SMILES string of the molecule is O=C(O)c1ccc(COc2ccc(/C=C3/SC(=O)N(c4ccc(Cl)cc4)C3=O)cc2I)cc1. The Morgan fingerprint density at radius 3 is 2.39 bits per heavy atom. The van der Waals surface area contributed by atoms with Crippen LogP contribution in [0.3, 0.4) is 0 Å². The third-order valence-corrected chi connectivity index (χ3v) is 6.69. The molecule has 1 aliphatic heterocycles. The molecule has 166 valence electrons. The van der Waals surface area contributed by atoms with Crippen molar-refractivity contribution in [1.82, 2.24) is 0 Å². The number of aromatic carboxylic acids is 1. The third-order valence-electron chi connectivity index (χ3n) is 4.73. The van der Waals surface area contributed by atoms with Crippen LogP contribution in [0.1, 0.15) is 21.5 Å². The highest BCUT2D eigenvalue weighted by Gasteiger charge is 2.36. The molecule has 0 unspecified atom stereocenters. The predicted molar refractivity (Wildman–Crippen MR) is 137 cm³/mol. The van der Waals surface area contributed by atoms with Crippen molar-refractivity contribution >= 4 is 74.8 Å². The molecule has 1 heterocycles. The summed E-state index contributed by atoms with van der Waals surface area (Å²) in [6.07, 6.45) is 1.68. The van der Waals surface area contributed by atoms with E-state index in [1.54, 1.807) is 54.6 Å². The lowest BCUT2D eigenvalue weighted by atomic mass is 10.1. The van der Waals surface area contributed by atoms with Gasteiger partial charge in [0, 0.05) is 5.02 Å². The lowest BCUT2D eigenvalue weighted by molar-refractivity contribution is -0.113. The molecule has 0 radical (unpaired) electrons. The molecular formula is C24H15ClINO5S. The Hall–Kier alpha value is -2.82. The predicted octanol–water partition coefficient (Wildman–Crippen LogP) is 6.46. The van der Waals surface area contributed by atoms with Gasteiger partial charge in [-0.3, -0.25) is 9.59 Å². The standard InChI is InChI=1S/C24H15ClINO5S/c25-17-6-8-18(9-7-17)27-22(28)21(33-24(27)31)12-15-3-10-20(19(26)11-15)32-13-14-1-4-16(5-2-14)23(29)30/h1-12H,13H2,(H,29,30)/b21-12+. The molecule has 2 amide bonds. The lowest BCUT2D eigenvalue weighted by Crippen LogP contribution is -2.27. The average Bonchev–Trinajstić information content (AvgIpc) is 3.07. The highest BCUT2D eigenvalue weighted by Crippen LogP contribution is 2.36. The highest BCUT2D eigenvalue weighted by atomic mass is 127. The molecule has 1 fully saturated rings. The van der Waals surface area contributed by atoms with Crippen molar-refractivity contribution in [2.75, 3.05) is 4.90 Å². The number of amides is 2. The number of thioether (sulfide) groups is 1. The quantitative estimate of drug-likeness (QED) is 0.262. The van der Waals surface area contributed by atoms with Crippen LogP contribution in [-0.4, -0.2) is 22.2 Å². The Labute approximate surface area is 212 Å². The summed E-state index contributed by atoms with van der Waals surface area (Å²) in [5.74, 6) is -0.699. The van der Waals surface area contributed by atoms with E-state index < -0.39 is 5.97 Å². The summed E-state index contributed by atoms with van der Waals surface area (Å²) in [6, 6.07) is 18.5. The monoisotopic (exact) mass is 591 g/mol. The molecule has 0 saturated carbocycles. The molecule has 3 aromatic carbocycles. The molecule has 0 bridgehead atoms. The third kappa shape index (κ3) is 5.40. The van der Waals surface area contributed by atoms with Crippen LogP contribution in [0.5, 0.6) is 5.75 Å². The van der Waals surface area contributed by atoms with E-state index in [4.69, 9.17) is 21.4 Å². The molecule has 0 atom stereocenters. The molecule has 9 heteroatoms. The van der Waals surface area contributed by atoms with Crippen LogP contribution in [0, 0.1) is 3.57 Å². The van der Waals surface area contributed by atoms with Gasteiger partial charge in [0.05, 0.1) is 19.7 Å². The molecular weight excluding hydrogens is 577 g/mol. The van der Waals surface area contributed by atoms with E-state index in [1.165, 1.54) is 12.1 Å². The van der Waals surface area contributed by atoms with E-state index in [0.29, 0.717) is 21.4 Å². The summed E-state index contributed by atoms with van der Waals surface area (Å²) in [4.78, 5) is 37.6. The Morgan fingerprint density at radius 1 is 1.06 bits per heavy atom. The summed E-state index contributed by atoms with van der Waals surface area (Å²) < 4.78 is 6.68. The van der Waals surface area contributed by atoms with Gasteiger partial charge in [-0.15, -0.1) is 0 Å². The van der Waals surface area contributed by atoms with Gasteiger partial charge in [-0.1, -0.05) is 29.8 Å². The van der Waals surface area contributed by atoms with E-state index in [2.05, 4.69) is 22.6 Å². The maximum Gasteiger partial charge on any atom is 0.335 e. The van der Waals surface area contributed by atoms with Crippen molar-refractivity contribution in [3.63, 3.8) is 0 Å². The summed E-state index contributed by atoms with van der Waals surface area (Å²) in [5.41, 5.74) is 2.30. The molecule has 0 spiro atoms. The second-order valence-corrected chi connectivity index (χ2v) is 9.57. The van der Waals surface area contributed by atoms with E-state index in [9.17, 15) is 14.4 Å². The molecule has 4 rings (SSSR count). The van der Waals surface area contributed by atoms with Crippen LogP contribution in [0.4, 0.5) is 10.5 Å². The van der Waals surface area contributed by atoms with Crippen molar-refractivity contribution in [2.24, 2.45) is 0 Å². The number of rotatable bonds is 6. The fourth-order valence-electron chi connectivity index (χ4n) is 3.06. The number of carbonyl (C=O) groups excluding carboxylic acids is 2. The van der Waals surface area contributed by atoms with Crippen molar-refractivity contribution < 1.29 is 24.2 Å². The number of nitrogens with zero attached hydrogens (tertiary/aromatic N) is 1. The Kier molecular flexibility index (Phi) is 7.06. The van der Waals surface area contributed by atoms with Gasteiger partial charge >= 0.3 is 5.97 Å². The van der Waals surface area contributed by atoms with E-state index in [-0.39, 0.29) is 23.3 Å². The first-order chi connectivity index (χ1) is 15.8. The molecule has 33 heavy (non-hydrogen) atoms. The second-order valence-electron chi connectivity index (χ2n) is 6.97.